The molecular formula is C35H57N3O5. The topological polar surface area (TPSA) is 115 Å². The molecule has 2 aromatic rings. The molecule has 0 fully saturated rings. The van der Waals surface area contributed by atoms with Gasteiger partial charge in [-0.25, -0.2) is 0 Å². The highest BCUT2D eigenvalue weighted by atomic mass is 16.5. The molecular weight excluding hydrogens is 542 g/mol. The van der Waals surface area contributed by atoms with Crippen molar-refractivity contribution in [1.82, 2.24) is 5.32 Å². The first-order valence-corrected chi connectivity index (χ1v) is 15.8. The molecule has 2 rings (SSSR count). The van der Waals surface area contributed by atoms with Crippen LogP contribution in [0.15, 0.2) is 36.4 Å². The van der Waals surface area contributed by atoms with Crippen molar-refractivity contribution in [3.8, 4) is 5.75 Å². The maximum Gasteiger partial charge on any atom is 0.223 e. The van der Waals surface area contributed by atoms with Gasteiger partial charge >= 0.3 is 0 Å². The number of anilines is 1. The van der Waals surface area contributed by atoms with E-state index in [2.05, 4.69) is 56.5 Å². The average molecular weight is 600 g/mol. The van der Waals surface area contributed by atoms with Gasteiger partial charge in [0.2, 0.25) is 5.91 Å². The molecule has 2 aromatic carbocycles. The van der Waals surface area contributed by atoms with Crippen LogP contribution in [0.1, 0.15) is 69.2 Å². The molecule has 43 heavy (non-hydrogen) atoms. The summed E-state index contributed by atoms with van der Waals surface area (Å²) in [5.74, 6) is 0.737. The zero-order chi connectivity index (χ0) is 31.9. The highest BCUT2D eigenvalue weighted by molar-refractivity contribution is 5.79. The van der Waals surface area contributed by atoms with Crippen molar-refractivity contribution in [2.24, 2.45) is 23.5 Å². The van der Waals surface area contributed by atoms with Crippen molar-refractivity contribution in [2.45, 2.75) is 92.5 Å². The molecule has 0 spiro atoms. The zero-order valence-corrected chi connectivity index (χ0v) is 27.7. The Morgan fingerprint density at radius 1 is 1.00 bits per heavy atom. The molecule has 0 radical (unpaired) electrons. The normalized spacial score (nSPS) is 15.0. The van der Waals surface area contributed by atoms with Gasteiger partial charge in [0.1, 0.15) is 5.75 Å². The SMILES string of the molecule is CC[C@H](C)[C@@H](CNc1ccc(C)c(C)c1)NC(=O)[C@@H](C[C@H](O)[C@@H](N)COCc1ccc(C)c(OCCCOC)c1)C(C)C. The Labute approximate surface area is 260 Å². The number of hydrogen-bond acceptors (Lipinski definition) is 7. The molecule has 8 nitrogen and oxygen atoms in total. The lowest BCUT2D eigenvalue weighted by Crippen LogP contribution is -2.49. The fraction of sp³-hybridized carbons (Fsp3) is 0.629. The van der Waals surface area contributed by atoms with E-state index in [4.69, 9.17) is 19.9 Å². The molecule has 0 aliphatic rings. The summed E-state index contributed by atoms with van der Waals surface area (Å²) in [6.45, 7) is 16.9. The lowest BCUT2D eigenvalue weighted by molar-refractivity contribution is -0.128. The fourth-order valence-electron chi connectivity index (χ4n) is 4.86. The summed E-state index contributed by atoms with van der Waals surface area (Å²) in [5, 5.41) is 17.8. The average Bonchev–Trinajstić information content (AvgIpc) is 2.98. The summed E-state index contributed by atoms with van der Waals surface area (Å²) in [4.78, 5) is 13.5. The van der Waals surface area contributed by atoms with E-state index in [1.807, 2.05) is 39.0 Å². The number of aliphatic hydroxyl groups excluding tert-OH is 1. The Morgan fingerprint density at radius 2 is 1.72 bits per heavy atom. The molecule has 0 bridgehead atoms. The van der Waals surface area contributed by atoms with Gasteiger partial charge in [-0.05, 0) is 79.5 Å². The van der Waals surface area contributed by atoms with E-state index < -0.39 is 12.1 Å². The van der Waals surface area contributed by atoms with Gasteiger partial charge in [-0.15, -0.1) is 0 Å². The van der Waals surface area contributed by atoms with Gasteiger partial charge < -0.3 is 35.7 Å². The molecule has 1 amide bonds. The number of aryl methyl sites for hydroxylation is 3. The summed E-state index contributed by atoms with van der Waals surface area (Å²) < 4.78 is 16.8. The van der Waals surface area contributed by atoms with Gasteiger partial charge in [0.25, 0.3) is 0 Å². The number of benzene rings is 2. The Bertz CT molecular complexity index is 1110. The van der Waals surface area contributed by atoms with E-state index in [0.717, 1.165) is 35.4 Å². The third-order valence-corrected chi connectivity index (χ3v) is 8.40. The summed E-state index contributed by atoms with van der Waals surface area (Å²) in [6.07, 6.45) is 1.17. The summed E-state index contributed by atoms with van der Waals surface area (Å²) >= 11 is 0. The molecule has 0 saturated carbocycles. The summed E-state index contributed by atoms with van der Waals surface area (Å²) in [7, 11) is 1.68. The number of aliphatic hydroxyl groups is 1. The van der Waals surface area contributed by atoms with Crippen LogP contribution in [0.4, 0.5) is 5.69 Å². The van der Waals surface area contributed by atoms with Gasteiger partial charge in [0, 0.05) is 44.3 Å². The van der Waals surface area contributed by atoms with Crippen LogP contribution in [0.5, 0.6) is 5.75 Å². The number of carbonyl (C=O) groups excluding carboxylic acids is 1. The molecule has 5 N–H and O–H groups in total. The third kappa shape index (κ3) is 12.5. The predicted octanol–water partition coefficient (Wildman–Crippen LogP) is 5.54. The Hall–Kier alpha value is -2.65. The smallest absolute Gasteiger partial charge is 0.223 e. The summed E-state index contributed by atoms with van der Waals surface area (Å²) in [6, 6.07) is 11.7. The molecule has 0 unspecified atom stereocenters. The fourth-order valence-corrected chi connectivity index (χ4v) is 4.86. The van der Waals surface area contributed by atoms with E-state index >= 15 is 0 Å². The molecule has 8 heteroatoms. The van der Waals surface area contributed by atoms with Gasteiger partial charge in [0.05, 0.1) is 32.0 Å². The number of rotatable bonds is 20. The van der Waals surface area contributed by atoms with Crippen molar-refractivity contribution in [3.63, 3.8) is 0 Å². The van der Waals surface area contributed by atoms with Crippen LogP contribution in [-0.4, -0.2) is 62.7 Å². The largest absolute Gasteiger partial charge is 0.493 e. The highest BCUT2D eigenvalue weighted by Crippen LogP contribution is 2.23. The molecule has 5 atom stereocenters. The monoisotopic (exact) mass is 599 g/mol. The quantitative estimate of drug-likeness (QED) is 0.148. The van der Waals surface area contributed by atoms with E-state index in [1.165, 1.54) is 11.1 Å². The second-order valence-electron chi connectivity index (χ2n) is 12.3. The Morgan fingerprint density at radius 3 is 2.37 bits per heavy atom. The number of amides is 1. The van der Waals surface area contributed by atoms with Crippen LogP contribution in [0.2, 0.25) is 0 Å². The minimum atomic E-state index is -0.869. The van der Waals surface area contributed by atoms with Crippen LogP contribution >= 0.6 is 0 Å². The van der Waals surface area contributed by atoms with Crippen LogP contribution in [0.3, 0.4) is 0 Å². The van der Waals surface area contributed by atoms with Gasteiger partial charge in [-0.1, -0.05) is 52.3 Å². The van der Waals surface area contributed by atoms with E-state index in [9.17, 15) is 9.90 Å². The second kappa shape index (κ2) is 18.9. The maximum absolute atomic E-state index is 13.5. The highest BCUT2D eigenvalue weighted by Gasteiger charge is 2.30. The molecule has 0 heterocycles. The first-order valence-electron chi connectivity index (χ1n) is 15.8. The number of carbonyl (C=O) groups is 1. The number of nitrogens with two attached hydrogens (primary N) is 1. The number of nitrogens with one attached hydrogen (secondary N) is 2. The van der Waals surface area contributed by atoms with E-state index in [1.54, 1.807) is 7.11 Å². The van der Waals surface area contributed by atoms with E-state index in [-0.39, 0.29) is 42.7 Å². The van der Waals surface area contributed by atoms with Crippen molar-refractivity contribution < 1.29 is 24.1 Å². The predicted molar refractivity (Wildman–Crippen MR) is 176 cm³/mol. The van der Waals surface area contributed by atoms with Gasteiger partial charge in [-0.2, -0.15) is 0 Å². The number of methoxy groups -OCH3 is 1. The second-order valence-corrected chi connectivity index (χ2v) is 12.3. The van der Waals surface area contributed by atoms with Crippen molar-refractivity contribution in [1.29, 1.82) is 0 Å². The van der Waals surface area contributed by atoms with Gasteiger partial charge in [-0.3, -0.25) is 4.79 Å². The Balaban J connectivity index is 1.91. The first kappa shape index (κ1) is 36.5. The number of ether oxygens (including phenoxy) is 3. The van der Waals surface area contributed by atoms with Crippen molar-refractivity contribution >= 4 is 11.6 Å². The van der Waals surface area contributed by atoms with E-state index in [0.29, 0.717) is 26.4 Å². The first-order chi connectivity index (χ1) is 20.5. The van der Waals surface area contributed by atoms with Crippen LogP contribution < -0.4 is 21.1 Å². The van der Waals surface area contributed by atoms with Gasteiger partial charge in [0.15, 0.2) is 0 Å². The molecule has 242 valence electrons. The Kier molecular flexibility index (Phi) is 16.1. The number of hydrogen-bond donors (Lipinski definition) is 4. The lowest BCUT2D eigenvalue weighted by Gasteiger charge is -2.30. The molecule has 0 saturated heterocycles. The molecule has 0 aromatic heterocycles. The van der Waals surface area contributed by atoms with Crippen LogP contribution in [0, 0.1) is 38.5 Å². The minimum Gasteiger partial charge on any atom is -0.493 e. The van der Waals surface area contributed by atoms with Crippen LogP contribution in [-0.2, 0) is 20.9 Å². The molecule has 0 aliphatic carbocycles. The standard InChI is InChI=1S/C35H57N3O5/c1-9-24(4)32(20-37-29-14-12-25(5)27(7)17-29)38-35(40)30(23(2)3)19-33(39)31(36)22-42-21-28-13-11-26(6)34(18-28)43-16-10-15-41-8/h11-14,17-18,23-24,30-33,37,39H,9-10,15-16,19-22,36H2,1-8H3,(H,38,40)/t24-,30-,31-,32+,33-/m0/s1. The maximum atomic E-state index is 13.5. The zero-order valence-electron chi connectivity index (χ0n) is 27.7. The van der Waals surface area contributed by atoms with Crippen molar-refractivity contribution in [2.75, 3.05) is 38.8 Å². The minimum absolute atomic E-state index is 0.0436. The van der Waals surface area contributed by atoms with Crippen LogP contribution in [0.25, 0.3) is 0 Å². The summed E-state index contributed by atoms with van der Waals surface area (Å²) in [5.41, 5.74) is 11.9. The molecule has 0 aliphatic heterocycles. The van der Waals surface area contributed by atoms with Crippen molar-refractivity contribution in [3.05, 3.63) is 58.7 Å². The third-order valence-electron chi connectivity index (χ3n) is 8.40. The lowest BCUT2D eigenvalue weighted by atomic mass is 9.86.